The maximum Gasteiger partial charge on any atom is 0.159 e. The summed E-state index contributed by atoms with van der Waals surface area (Å²) >= 11 is 0. The van der Waals surface area contributed by atoms with E-state index in [0.717, 1.165) is 83.6 Å². The van der Waals surface area contributed by atoms with Crippen LogP contribution in [0.25, 0.3) is 88.0 Å². The summed E-state index contributed by atoms with van der Waals surface area (Å²) in [6, 6.07) is 91.2. The zero-order valence-corrected chi connectivity index (χ0v) is 41.5. The molecule has 0 atom stereocenters. The van der Waals surface area contributed by atoms with Crippen molar-refractivity contribution < 1.29 is 8.81 Å². The molecule has 356 valence electrons. The summed E-state index contributed by atoms with van der Waals surface area (Å²) in [6.45, 7) is 4.69. The van der Waals surface area contributed by atoms with E-state index in [-0.39, 0.29) is 5.82 Å². The molecular formula is C71H49FN2O. The van der Waals surface area contributed by atoms with Gasteiger partial charge in [0.2, 0.25) is 0 Å². The molecule has 0 N–H and O–H groups in total. The molecule has 12 aromatic carbocycles. The number of hydrogen-bond donors (Lipinski definition) is 0. The number of benzene rings is 12. The van der Waals surface area contributed by atoms with Crippen LogP contribution in [0.2, 0.25) is 0 Å². The van der Waals surface area contributed by atoms with Crippen LogP contribution in [0.5, 0.6) is 0 Å². The predicted octanol–water partition coefficient (Wildman–Crippen LogP) is 20.3. The van der Waals surface area contributed by atoms with Crippen LogP contribution in [-0.4, -0.2) is 0 Å². The van der Waals surface area contributed by atoms with Crippen molar-refractivity contribution in [3.05, 3.63) is 278 Å². The predicted molar refractivity (Wildman–Crippen MR) is 312 cm³/mol. The molecule has 1 aromatic heterocycles. The van der Waals surface area contributed by atoms with Gasteiger partial charge in [0.05, 0.1) is 11.4 Å². The number of nitrogens with zero attached hydrogens (tertiary/aromatic N) is 2. The van der Waals surface area contributed by atoms with Crippen molar-refractivity contribution in [2.45, 2.75) is 19.3 Å². The molecule has 14 rings (SSSR count). The Hall–Kier alpha value is -9.51. The van der Waals surface area contributed by atoms with E-state index < -0.39 is 5.41 Å². The monoisotopic (exact) mass is 964 g/mol. The van der Waals surface area contributed by atoms with Crippen LogP contribution in [0.1, 0.15) is 25.0 Å². The van der Waals surface area contributed by atoms with Gasteiger partial charge in [-0.15, -0.1) is 0 Å². The van der Waals surface area contributed by atoms with Crippen molar-refractivity contribution >= 4 is 77.6 Å². The molecule has 0 bridgehead atoms. The normalized spacial score (nSPS) is 12.6. The minimum Gasteiger partial charge on any atom is -0.454 e. The van der Waals surface area contributed by atoms with E-state index in [4.69, 9.17) is 4.42 Å². The van der Waals surface area contributed by atoms with Crippen LogP contribution in [-0.2, 0) is 5.41 Å². The van der Waals surface area contributed by atoms with Gasteiger partial charge in [-0.2, -0.15) is 0 Å². The first-order valence-corrected chi connectivity index (χ1v) is 25.7. The average Bonchev–Trinajstić information content (AvgIpc) is 3.90. The van der Waals surface area contributed by atoms with Crippen molar-refractivity contribution in [3.63, 3.8) is 0 Å². The summed E-state index contributed by atoms with van der Waals surface area (Å²) in [5.74, 6) is -0.283. The third kappa shape index (κ3) is 7.16. The van der Waals surface area contributed by atoms with Crippen molar-refractivity contribution in [2.75, 3.05) is 9.80 Å². The lowest BCUT2D eigenvalue weighted by atomic mass is 9.66. The van der Waals surface area contributed by atoms with E-state index in [9.17, 15) is 0 Å². The summed E-state index contributed by atoms with van der Waals surface area (Å²) in [7, 11) is 0. The second-order valence-corrected chi connectivity index (χ2v) is 20.1. The second-order valence-electron chi connectivity index (χ2n) is 20.1. The molecule has 75 heavy (non-hydrogen) atoms. The fourth-order valence-corrected chi connectivity index (χ4v) is 12.0. The van der Waals surface area contributed by atoms with E-state index in [0.29, 0.717) is 11.3 Å². The maximum atomic E-state index is 17.8. The quantitative estimate of drug-likeness (QED) is 0.134. The molecule has 13 aromatic rings. The first-order chi connectivity index (χ1) is 36.9. The smallest absolute Gasteiger partial charge is 0.159 e. The first-order valence-electron chi connectivity index (χ1n) is 25.7. The van der Waals surface area contributed by atoms with E-state index >= 15 is 4.39 Å². The Morgan fingerprint density at radius 2 is 0.907 bits per heavy atom. The SMILES string of the molecule is CC1(C)c2cc(N(c3ccccc3)c3cc(-c4ccccc4)cc(-c4ccccc4)c3F)ccc2-c2c(-c3ccccc3)c3ccc(N(c4ccccc4)c4cccc5c4oc4ccccc45)cc3c3cccc1c23. The van der Waals surface area contributed by atoms with Gasteiger partial charge in [-0.3, -0.25) is 0 Å². The summed E-state index contributed by atoms with van der Waals surface area (Å²) in [6.07, 6.45) is 0. The zero-order chi connectivity index (χ0) is 50.2. The standard InChI is InChI=1S/C71H49FN2O/c1-71(2)61-35-20-33-55-60-44-52(73(50-28-14-6-15-29-50)63-36-21-34-57-54-32-18-19-37-65(54)75-70(57)63)38-40-56(60)66(48-26-12-5-13-27-48)68(67(55)61)58-41-39-53(45-62(58)71)74(51-30-16-7-17-31-51)64-43-49(46-22-8-3-9-23-46)42-59(69(64)72)47-24-10-4-11-25-47/h3-45H,1-2H3. The van der Waals surface area contributed by atoms with Crippen molar-refractivity contribution in [1.82, 2.24) is 0 Å². The number of anilines is 6. The van der Waals surface area contributed by atoms with E-state index in [1.807, 2.05) is 91.0 Å². The molecule has 0 amide bonds. The lowest BCUT2D eigenvalue weighted by Gasteiger charge is -2.38. The highest BCUT2D eigenvalue weighted by Crippen LogP contribution is 2.56. The number of hydrogen-bond acceptors (Lipinski definition) is 3. The highest BCUT2D eigenvalue weighted by atomic mass is 19.1. The Balaban J connectivity index is 1.01. The van der Waals surface area contributed by atoms with Crippen molar-refractivity contribution in [3.8, 4) is 44.5 Å². The zero-order valence-electron chi connectivity index (χ0n) is 41.5. The van der Waals surface area contributed by atoms with Gasteiger partial charge in [0, 0.05) is 44.5 Å². The number of para-hydroxylation sites is 4. The lowest BCUT2D eigenvalue weighted by Crippen LogP contribution is -2.25. The summed E-state index contributed by atoms with van der Waals surface area (Å²) in [4.78, 5) is 4.44. The Bertz CT molecular complexity index is 4320. The fourth-order valence-electron chi connectivity index (χ4n) is 12.0. The molecule has 0 unspecified atom stereocenters. The van der Waals surface area contributed by atoms with Crippen molar-refractivity contribution in [1.29, 1.82) is 0 Å². The Kier molecular flexibility index (Phi) is 10.4. The lowest BCUT2D eigenvalue weighted by molar-refractivity contribution is 0.632. The van der Waals surface area contributed by atoms with E-state index in [1.54, 1.807) is 0 Å². The van der Waals surface area contributed by atoms with Gasteiger partial charge in [-0.25, -0.2) is 4.39 Å². The van der Waals surface area contributed by atoms with Crippen LogP contribution in [0, 0.1) is 5.82 Å². The van der Waals surface area contributed by atoms with Crippen LogP contribution < -0.4 is 9.80 Å². The number of halogens is 1. The Morgan fingerprint density at radius 1 is 0.347 bits per heavy atom. The van der Waals surface area contributed by atoms with Gasteiger partial charge in [0.25, 0.3) is 0 Å². The molecule has 0 saturated heterocycles. The third-order valence-corrected chi connectivity index (χ3v) is 15.5. The van der Waals surface area contributed by atoms with Gasteiger partial charge < -0.3 is 14.2 Å². The number of rotatable bonds is 9. The second kappa shape index (κ2) is 17.6. The van der Waals surface area contributed by atoms with E-state index in [2.05, 4.69) is 194 Å². The highest BCUT2D eigenvalue weighted by Gasteiger charge is 2.37. The van der Waals surface area contributed by atoms with Crippen LogP contribution in [0.4, 0.5) is 38.5 Å². The molecule has 0 saturated carbocycles. The molecule has 0 fully saturated rings. The van der Waals surface area contributed by atoms with Gasteiger partial charge >= 0.3 is 0 Å². The first kappa shape index (κ1) is 44.2. The number of fused-ring (bicyclic) bond motifs is 7. The average molecular weight is 965 g/mol. The van der Waals surface area contributed by atoms with Crippen LogP contribution in [0.3, 0.4) is 0 Å². The van der Waals surface area contributed by atoms with E-state index in [1.165, 1.54) is 38.4 Å². The molecular weight excluding hydrogens is 916 g/mol. The largest absolute Gasteiger partial charge is 0.454 e. The number of furan rings is 1. The van der Waals surface area contributed by atoms with Crippen LogP contribution in [0.15, 0.2) is 265 Å². The van der Waals surface area contributed by atoms with Gasteiger partial charge in [0.15, 0.2) is 11.4 Å². The maximum absolute atomic E-state index is 17.8. The topological polar surface area (TPSA) is 19.6 Å². The van der Waals surface area contributed by atoms with Gasteiger partial charge in [0.1, 0.15) is 5.58 Å². The molecule has 3 nitrogen and oxygen atoms in total. The van der Waals surface area contributed by atoms with Crippen LogP contribution >= 0.6 is 0 Å². The fraction of sp³-hybridized carbons (Fsp3) is 0.0423. The van der Waals surface area contributed by atoms with Gasteiger partial charge in [-0.05, 0) is 144 Å². The minimum atomic E-state index is -0.466. The Labute approximate surface area is 435 Å². The molecule has 0 spiro atoms. The molecule has 0 radical (unpaired) electrons. The molecule has 4 heteroatoms. The van der Waals surface area contributed by atoms with Crippen molar-refractivity contribution in [2.24, 2.45) is 0 Å². The minimum absolute atomic E-state index is 0.283. The summed E-state index contributed by atoms with van der Waals surface area (Å²) < 4.78 is 24.6. The van der Waals surface area contributed by atoms with Gasteiger partial charge in [-0.1, -0.05) is 202 Å². The summed E-state index contributed by atoms with van der Waals surface area (Å²) in [5.41, 5.74) is 16.9. The highest BCUT2D eigenvalue weighted by molar-refractivity contribution is 6.24. The molecule has 1 aliphatic rings. The molecule has 1 heterocycles. The molecule has 0 aliphatic heterocycles. The summed E-state index contributed by atoms with van der Waals surface area (Å²) in [5, 5.41) is 6.93. The molecule has 1 aliphatic carbocycles. The Morgan fingerprint density at radius 3 is 1.61 bits per heavy atom. The third-order valence-electron chi connectivity index (χ3n) is 15.5.